The molecule has 1 unspecified atom stereocenters. The van der Waals surface area contributed by atoms with E-state index in [0.29, 0.717) is 11.9 Å². The van der Waals surface area contributed by atoms with E-state index >= 15 is 0 Å². The summed E-state index contributed by atoms with van der Waals surface area (Å²) >= 11 is 5.54. The molecule has 82 valence electrons. The molecule has 2 heteroatoms. The maximum Gasteiger partial charge on any atom is 0.0404 e. The number of nitrogens with one attached hydrogen (secondary N) is 1. The smallest absolute Gasteiger partial charge is 0.0404 e. The molecule has 15 heavy (non-hydrogen) atoms. The van der Waals surface area contributed by atoms with E-state index in [1.54, 1.807) is 0 Å². The third kappa shape index (κ3) is 4.50. The van der Waals surface area contributed by atoms with Crippen LogP contribution in [0.15, 0.2) is 36.4 Å². The van der Waals surface area contributed by atoms with Crippen LogP contribution in [0.3, 0.4) is 0 Å². The number of hydrogen-bond acceptors (Lipinski definition) is 1. The lowest BCUT2D eigenvalue weighted by Gasteiger charge is -2.12. The Morgan fingerprint density at radius 2 is 1.93 bits per heavy atom. The fourth-order valence-corrected chi connectivity index (χ4v) is 1.49. The first-order chi connectivity index (χ1) is 7.24. The molecular formula is C13H18ClN. The van der Waals surface area contributed by atoms with Crippen molar-refractivity contribution in [3.63, 3.8) is 0 Å². The van der Waals surface area contributed by atoms with Gasteiger partial charge in [-0.3, -0.25) is 0 Å². The first-order valence-corrected chi connectivity index (χ1v) is 5.78. The second kappa shape index (κ2) is 6.65. The third-order valence-electron chi connectivity index (χ3n) is 2.37. The van der Waals surface area contributed by atoms with Crippen molar-refractivity contribution in [1.82, 2.24) is 5.32 Å². The van der Waals surface area contributed by atoms with Crippen molar-refractivity contribution >= 4 is 11.6 Å². The minimum absolute atomic E-state index is 0.380. The number of alkyl halides is 1. The Bertz CT molecular complexity index is 303. The van der Waals surface area contributed by atoms with Gasteiger partial charge in [-0.15, -0.1) is 11.6 Å². The molecule has 0 aliphatic carbocycles. The Labute approximate surface area is 97.1 Å². The number of aryl methyl sites for hydroxylation is 1. The van der Waals surface area contributed by atoms with Gasteiger partial charge >= 0.3 is 0 Å². The molecule has 1 rings (SSSR count). The highest BCUT2D eigenvalue weighted by Crippen LogP contribution is 2.12. The molecule has 0 aromatic heterocycles. The molecule has 0 aliphatic heterocycles. The maximum atomic E-state index is 5.54. The zero-order chi connectivity index (χ0) is 11.1. The van der Waals surface area contributed by atoms with Crippen molar-refractivity contribution in [3.05, 3.63) is 47.5 Å². The predicted molar refractivity (Wildman–Crippen MR) is 67.5 cm³/mol. The summed E-state index contributed by atoms with van der Waals surface area (Å²) in [7, 11) is 0. The number of hydrogen-bond donors (Lipinski definition) is 1. The van der Waals surface area contributed by atoms with Gasteiger partial charge in [0.2, 0.25) is 0 Å². The van der Waals surface area contributed by atoms with Crippen molar-refractivity contribution in [3.8, 4) is 0 Å². The Morgan fingerprint density at radius 3 is 2.53 bits per heavy atom. The van der Waals surface area contributed by atoms with Crippen LogP contribution in [0.2, 0.25) is 0 Å². The number of halogens is 1. The van der Waals surface area contributed by atoms with Gasteiger partial charge in [-0.05, 0) is 19.4 Å². The van der Waals surface area contributed by atoms with Crippen molar-refractivity contribution in [1.29, 1.82) is 0 Å². The summed E-state index contributed by atoms with van der Waals surface area (Å²) in [4.78, 5) is 0. The van der Waals surface area contributed by atoms with Gasteiger partial charge in [-0.2, -0.15) is 0 Å². The average Bonchev–Trinajstić information content (AvgIpc) is 2.25. The first-order valence-electron chi connectivity index (χ1n) is 5.25. The van der Waals surface area contributed by atoms with Gasteiger partial charge in [0.25, 0.3) is 0 Å². The third-order valence-corrected chi connectivity index (χ3v) is 2.55. The van der Waals surface area contributed by atoms with Crippen LogP contribution in [0.5, 0.6) is 0 Å². The van der Waals surface area contributed by atoms with E-state index in [2.05, 4.69) is 49.5 Å². The normalized spacial score (nSPS) is 13.3. The lowest BCUT2D eigenvalue weighted by Crippen LogP contribution is -2.18. The minimum atomic E-state index is 0.380. The summed E-state index contributed by atoms with van der Waals surface area (Å²) in [5, 5.41) is 3.41. The fraction of sp³-hybridized carbons (Fsp3) is 0.385. The second-order valence-electron chi connectivity index (χ2n) is 3.67. The van der Waals surface area contributed by atoms with E-state index in [1.807, 2.05) is 6.08 Å². The van der Waals surface area contributed by atoms with Gasteiger partial charge in [-0.1, -0.05) is 42.0 Å². The summed E-state index contributed by atoms with van der Waals surface area (Å²) < 4.78 is 0. The van der Waals surface area contributed by atoms with Crippen LogP contribution in [-0.2, 0) is 0 Å². The molecular weight excluding hydrogens is 206 g/mol. The molecule has 0 spiro atoms. The molecule has 0 saturated heterocycles. The van der Waals surface area contributed by atoms with Gasteiger partial charge < -0.3 is 5.32 Å². The maximum absolute atomic E-state index is 5.54. The summed E-state index contributed by atoms with van der Waals surface area (Å²) in [6.07, 6.45) is 4.01. The Hall–Kier alpha value is -0.790. The van der Waals surface area contributed by atoms with Gasteiger partial charge in [0.1, 0.15) is 0 Å². The number of benzene rings is 1. The van der Waals surface area contributed by atoms with Crippen LogP contribution in [0.1, 0.15) is 24.1 Å². The highest BCUT2D eigenvalue weighted by atomic mass is 35.5. The molecule has 0 aliphatic rings. The molecule has 0 saturated carbocycles. The lowest BCUT2D eigenvalue weighted by molar-refractivity contribution is 0.617. The monoisotopic (exact) mass is 223 g/mol. The summed E-state index contributed by atoms with van der Waals surface area (Å²) in [6, 6.07) is 8.99. The highest BCUT2D eigenvalue weighted by Gasteiger charge is 2.01. The van der Waals surface area contributed by atoms with Crippen molar-refractivity contribution in [2.45, 2.75) is 19.9 Å². The van der Waals surface area contributed by atoms with E-state index in [-0.39, 0.29) is 0 Å². The van der Waals surface area contributed by atoms with E-state index in [1.165, 1.54) is 11.1 Å². The molecule has 1 nitrogen and oxygen atoms in total. The predicted octanol–water partition coefficient (Wildman–Crippen LogP) is 3.44. The van der Waals surface area contributed by atoms with Crippen LogP contribution >= 0.6 is 11.6 Å². The molecule has 1 aromatic carbocycles. The number of allylic oxidation sites excluding steroid dienone is 1. The summed E-state index contributed by atoms with van der Waals surface area (Å²) in [5.74, 6) is 0.584. The van der Waals surface area contributed by atoms with E-state index in [4.69, 9.17) is 11.6 Å². The van der Waals surface area contributed by atoms with Crippen LogP contribution in [0.4, 0.5) is 0 Å². The Kier molecular flexibility index (Phi) is 5.44. The number of rotatable bonds is 5. The minimum Gasteiger partial charge on any atom is -0.307 e. The van der Waals surface area contributed by atoms with Gasteiger partial charge in [0.05, 0.1) is 0 Å². The molecule has 0 amide bonds. The van der Waals surface area contributed by atoms with Crippen molar-refractivity contribution < 1.29 is 0 Å². The lowest BCUT2D eigenvalue weighted by atomic mass is 10.1. The molecule has 0 heterocycles. The van der Waals surface area contributed by atoms with Gasteiger partial charge in [-0.25, -0.2) is 0 Å². The standard InChI is InChI=1S/C13H18ClN/c1-11-5-7-13(8-6-11)12(2)15-10-4-3-9-14/h3-8,12,15H,9-10H2,1-2H3/b4-3+. The van der Waals surface area contributed by atoms with E-state index < -0.39 is 0 Å². The summed E-state index contributed by atoms with van der Waals surface area (Å²) in [6.45, 7) is 5.13. The largest absolute Gasteiger partial charge is 0.307 e. The molecule has 0 bridgehead atoms. The topological polar surface area (TPSA) is 12.0 Å². The zero-order valence-electron chi connectivity index (χ0n) is 9.33. The van der Waals surface area contributed by atoms with Crippen LogP contribution in [-0.4, -0.2) is 12.4 Å². The van der Waals surface area contributed by atoms with E-state index in [0.717, 1.165) is 6.54 Å². The molecule has 0 fully saturated rings. The fourth-order valence-electron chi connectivity index (χ4n) is 1.36. The first kappa shape index (κ1) is 12.3. The molecule has 1 atom stereocenters. The summed E-state index contributed by atoms with van der Waals surface area (Å²) in [5.41, 5.74) is 2.62. The van der Waals surface area contributed by atoms with Crippen LogP contribution in [0, 0.1) is 6.92 Å². The SMILES string of the molecule is Cc1ccc(C(C)NC/C=C/CCl)cc1. The second-order valence-corrected chi connectivity index (χ2v) is 3.97. The molecule has 0 radical (unpaired) electrons. The van der Waals surface area contributed by atoms with Crippen molar-refractivity contribution in [2.75, 3.05) is 12.4 Å². The average molecular weight is 224 g/mol. The Morgan fingerprint density at radius 1 is 1.27 bits per heavy atom. The van der Waals surface area contributed by atoms with Gasteiger partial charge in [0.15, 0.2) is 0 Å². The van der Waals surface area contributed by atoms with E-state index in [9.17, 15) is 0 Å². The quantitative estimate of drug-likeness (QED) is 0.596. The molecule has 1 N–H and O–H groups in total. The Balaban J connectivity index is 2.43. The highest BCUT2D eigenvalue weighted by molar-refractivity contribution is 6.18. The van der Waals surface area contributed by atoms with Gasteiger partial charge in [0, 0.05) is 18.5 Å². The zero-order valence-corrected chi connectivity index (χ0v) is 10.1. The van der Waals surface area contributed by atoms with Crippen LogP contribution in [0.25, 0.3) is 0 Å². The van der Waals surface area contributed by atoms with Crippen molar-refractivity contribution in [2.24, 2.45) is 0 Å². The molecule has 1 aromatic rings. The van der Waals surface area contributed by atoms with Crippen LogP contribution < -0.4 is 5.32 Å².